The summed E-state index contributed by atoms with van der Waals surface area (Å²) in [6.45, 7) is 0.305. The van der Waals surface area contributed by atoms with Crippen molar-refractivity contribution in [1.29, 1.82) is 0 Å². The number of carbonyl (C=O) groups excluding carboxylic acids is 3. The topological polar surface area (TPSA) is 63.7 Å². The lowest BCUT2D eigenvalue weighted by atomic mass is 9.85. The molecular formula is C19H21NO4S. The van der Waals surface area contributed by atoms with Gasteiger partial charge in [-0.15, -0.1) is 11.8 Å². The zero-order chi connectivity index (χ0) is 17.8. The summed E-state index contributed by atoms with van der Waals surface area (Å²) >= 11 is 1.65. The van der Waals surface area contributed by atoms with Gasteiger partial charge in [-0.2, -0.15) is 0 Å². The van der Waals surface area contributed by atoms with Crippen molar-refractivity contribution in [3.05, 3.63) is 42.0 Å². The van der Waals surface area contributed by atoms with Crippen molar-refractivity contribution in [3.63, 3.8) is 0 Å². The molecule has 0 N–H and O–H groups in total. The molecule has 5 nitrogen and oxygen atoms in total. The zero-order valence-electron chi connectivity index (χ0n) is 14.1. The number of esters is 1. The second-order valence-corrected chi connectivity index (χ2v) is 7.12. The van der Waals surface area contributed by atoms with Crippen molar-refractivity contribution in [2.45, 2.75) is 30.8 Å². The normalized spacial score (nSPS) is 22.2. The molecule has 1 aliphatic carbocycles. The molecule has 0 saturated carbocycles. The van der Waals surface area contributed by atoms with E-state index >= 15 is 0 Å². The second kappa shape index (κ2) is 7.87. The van der Waals surface area contributed by atoms with Gasteiger partial charge in [-0.05, 0) is 36.8 Å². The molecule has 0 spiro atoms. The average molecular weight is 359 g/mol. The molecule has 1 fully saturated rings. The number of fused-ring (bicyclic) bond motifs is 1. The summed E-state index contributed by atoms with van der Waals surface area (Å²) in [7, 11) is 0. The Morgan fingerprint density at radius 3 is 2.28 bits per heavy atom. The molecule has 1 aromatic rings. The van der Waals surface area contributed by atoms with Crippen LogP contribution in [0.2, 0.25) is 0 Å². The first-order chi connectivity index (χ1) is 12.1. The Labute approximate surface area is 151 Å². The summed E-state index contributed by atoms with van der Waals surface area (Å²) in [6.07, 6.45) is 7.17. The maximum Gasteiger partial charge on any atom is 0.307 e. The molecule has 1 aromatic carbocycles. The predicted molar refractivity (Wildman–Crippen MR) is 94.7 cm³/mol. The molecule has 1 aliphatic heterocycles. The van der Waals surface area contributed by atoms with Crippen LogP contribution in [-0.2, 0) is 25.7 Å². The van der Waals surface area contributed by atoms with E-state index < -0.39 is 5.97 Å². The maximum atomic E-state index is 12.3. The molecule has 2 amide bonds. The molecule has 25 heavy (non-hydrogen) atoms. The van der Waals surface area contributed by atoms with Crippen LogP contribution in [0.25, 0.3) is 0 Å². The summed E-state index contributed by atoms with van der Waals surface area (Å²) in [5.74, 6) is -1.20. The summed E-state index contributed by atoms with van der Waals surface area (Å²) in [6, 6.07) is 7.80. The van der Waals surface area contributed by atoms with Gasteiger partial charge in [0.25, 0.3) is 0 Å². The lowest BCUT2D eigenvalue weighted by molar-refractivity contribution is -0.146. The van der Waals surface area contributed by atoms with Crippen molar-refractivity contribution in [2.75, 3.05) is 12.8 Å². The third kappa shape index (κ3) is 3.95. The Balaban J connectivity index is 1.47. The van der Waals surface area contributed by atoms with Crippen LogP contribution in [0.1, 0.15) is 24.8 Å². The molecule has 0 aromatic heterocycles. The van der Waals surface area contributed by atoms with Gasteiger partial charge in [0.05, 0.1) is 18.3 Å². The largest absolute Gasteiger partial charge is 0.461 e. The molecule has 1 heterocycles. The van der Waals surface area contributed by atoms with E-state index in [1.54, 1.807) is 11.8 Å². The van der Waals surface area contributed by atoms with E-state index in [1.165, 1.54) is 4.90 Å². The standard InChI is InChI=1S/C19H21NO4S/c1-25-14-8-6-13(7-9-14)12-24-17(21)10-11-20-18(22)15-4-2-3-5-16(15)19(20)23/h2-3,6-9,15-16H,4-5,10-12H2,1H3/t15-,16+. The average Bonchev–Trinajstić information content (AvgIpc) is 2.89. The fourth-order valence-corrected chi connectivity index (χ4v) is 3.66. The molecule has 0 bridgehead atoms. The minimum absolute atomic E-state index is 0.0350. The Morgan fingerprint density at radius 1 is 1.12 bits per heavy atom. The number of ether oxygens (including phenoxy) is 1. The first-order valence-corrected chi connectivity index (χ1v) is 9.61. The van der Waals surface area contributed by atoms with E-state index in [0.29, 0.717) is 12.8 Å². The number of nitrogens with zero attached hydrogens (tertiary/aromatic N) is 1. The first kappa shape index (κ1) is 17.7. The minimum atomic E-state index is -0.400. The van der Waals surface area contributed by atoms with E-state index in [-0.39, 0.29) is 43.2 Å². The van der Waals surface area contributed by atoms with Crippen LogP contribution in [0.5, 0.6) is 0 Å². The number of rotatable bonds is 6. The number of hydrogen-bond acceptors (Lipinski definition) is 5. The predicted octanol–water partition coefficient (Wildman–Crippen LogP) is 2.79. The number of benzene rings is 1. The van der Waals surface area contributed by atoms with Gasteiger partial charge in [-0.1, -0.05) is 24.3 Å². The zero-order valence-corrected chi connectivity index (χ0v) is 15.0. The van der Waals surface area contributed by atoms with Gasteiger partial charge in [0.15, 0.2) is 0 Å². The van der Waals surface area contributed by atoms with E-state index in [4.69, 9.17) is 4.74 Å². The highest BCUT2D eigenvalue weighted by molar-refractivity contribution is 7.98. The number of imide groups is 1. The quantitative estimate of drug-likeness (QED) is 0.338. The summed E-state index contributed by atoms with van der Waals surface area (Å²) in [5, 5.41) is 0. The van der Waals surface area contributed by atoms with Crippen LogP contribution in [0, 0.1) is 11.8 Å². The van der Waals surface area contributed by atoms with E-state index in [2.05, 4.69) is 0 Å². The lowest BCUT2D eigenvalue weighted by Gasteiger charge is -2.14. The summed E-state index contributed by atoms with van der Waals surface area (Å²) < 4.78 is 5.24. The third-order valence-electron chi connectivity index (χ3n) is 4.70. The van der Waals surface area contributed by atoms with Crippen molar-refractivity contribution >= 4 is 29.5 Å². The first-order valence-electron chi connectivity index (χ1n) is 8.39. The second-order valence-electron chi connectivity index (χ2n) is 6.24. The number of carbonyl (C=O) groups is 3. The van der Waals surface area contributed by atoms with Crippen molar-refractivity contribution in [2.24, 2.45) is 11.8 Å². The smallest absolute Gasteiger partial charge is 0.307 e. The van der Waals surface area contributed by atoms with Gasteiger partial charge >= 0.3 is 5.97 Å². The molecule has 2 atom stereocenters. The molecular weight excluding hydrogens is 338 g/mol. The highest BCUT2D eigenvalue weighted by atomic mass is 32.2. The molecule has 132 valence electrons. The van der Waals surface area contributed by atoms with Gasteiger partial charge in [0.1, 0.15) is 6.61 Å². The molecule has 1 saturated heterocycles. The SMILES string of the molecule is CSc1ccc(COC(=O)CCN2C(=O)[C@H]3CC=CC[C@H]3C2=O)cc1. The van der Waals surface area contributed by atoms with Gasteiger partial charge in [-0.3, -0.25) is 19.3 Å². The van der Waals surface area contributed by atoms with Crippen molar-refractivity contribution in [1.82, 2.24) is 4.90 Å². The van der Waals surface area contributed by atoms with Crippen LogP contribution in [0.4, 0.5) is 0 Å². The number of hydrogen-bond donors (Lipinski definition) is 0. The Kier molecular flexibility index (Phi) is 5.58. The summed E-state index contributed by atoms with van der Waals surface area (Å²) in [4.78, 5) is 39.0. The number of likely N-dealkylation sites (tertiary alicyclic amines) is 1. The Bertz CT molecular complexity index is 672. The molecule has 2 aliphatic rings. The Hall–Kier alpha value is -2.08. The molecule has 6 heteroatoms. The van der Waals surface area contributed by atoms with Crippen LogP contribution in [-0.4, -0.2) is 35.5 Å². The van der Waals surface area contributed by atoms with Crippen molar-refractivity contribution < 1.29 is 19.1 Å². The highest BCUT2D eigenvalue weighted by Gasteiger charge is 2.46. The molecule has 0 radical (unpaired) electrons. The van der Waals surface area contributed by atoms with Gasteiger partial charge in [0, 0.05) is 11.4 Å². The third-order valence-corrected chi connectivity index (χ3v) is 5.44. The van der Waals surface area contributed by atoms with Crippen LogP contribution >= 0.6 is 11.8 Å². The van der Waals surface area contributed by atoms with E-state index in [9.17, 15) is 14.4 Å². The fourth-order valence-electron chi connectivity index (χ4n) is 3.25. The van der Waals surface area contributed by atoms with E-state index in [1.807, 2.05) is 42.7 Å². The van der Waals surface area contributed by atoms with E-state index in [0.717, 1.165) is 10.5 Å². The fraction of sp³-hybridized carbons (Fsp3) is 0.421. The number of amides is 2. The van der Waals surface area contributed by atoms with Crippen molar-refractivity contribution in [3.8, 4) is 0 Å². The monoisotopic (exact) mass is 359 g/mol. The van der Waals surface area contributed by atoms with Gasteiger partial charge in [-0.25, -0.2) is 0 Å². The maximum absolute atomic E-state index is 12.3. The Morgan fingerprint density at radius 2 is 1.72 bits per heavy atom. The lowest BCUT2D eigenvalue weighted by Crippen LogP contribution is -2.33. The van der Waals surface area contributed by atoms with Gasteiger partial charge < -0.3 is 4.74 Å². The van der Waals surface area contributed by atoms with Crippen LogP contribution in [0.3, 0.4) is 0 Å². The molecule has 0 unspecified atom stereocenters. The number of thioether (sulfide) groups is 1. The molecule has 3 rings (SSSR count). The van der Waals surface area contributed by atoms with Gasteiger partial charge in [0.2, 0.25) is 11.8 Å². The minimum Gasteiger partial charge on any atom is -0.461 e. The van der Waals surface area contributed by atoms with Crippen LogP contribution < -0.4 is 0 Å². The highest BCUT2D eigenvalue weighted by Crippen LogP contribution is 2.35. The summed E-state index contributed by atoms with van der Waals surface area (Å²) in [5.41, 5.74) is 0.913. The van der Waals surface area contributed by atoms with Crippen LogP contribution in [0.15, 0.2) is 41.3 Å². The number of allylic oxidation sites excluding steroid dienone is 2.